The Labute approximate surface area is 168 Å². The Morgan fingerprint density at radius 3 is 2.10 bits per heavy atom. The number of carbonyl (C=O) groups is 2. The number of nitrogens with one attached hydrogen (secondary N) is 3. The first-order valence-electron chi connectivity index (χ1n) is 8.56. The van der Waals surface area contributed by atoms with Gasteiger partial charge in [0.1, 0.15) is 0 Å². The number of sulfonamides is 1. The molecule has 0 bridgehead atoms. The van der Waals surface area contributed by atoms with E-state index in [4.69, 9.17) is 0 Å². The smallest absolute Gasteiger partial charge is 0.271 e. The zero-order valence-corrected chi connectivity index (χ0v) is 16.2. The molecule has 148 valence electrons. The van der Waals surface area contributed by atoms with Crippen molar-refractivity contribution in [2.24, 2.45) is 0 Å². The van der Waals surface area contributed by atoms with Gasteiger partial charge >= 0.3 is 0 Å². The van der Waals surface area contributed by atoms with Crippen molar-refractivity contribution in [3.63, 3.8) is 0 Å². The average Bonchev–Trinajstić information content (AvgIpc) is 2.74. The van der Waals surface area contributed by atoms with Crippen LogP contribution in [0.15, 0.2) is 78.0 Å². The summed E-state index contributed by atoms with van der Waals surface area (Å²) in [4.78, 5) is 27.9. The largest absolute Gasteiger partial charge is 0.279 e. The Morgan fingerprint density at radius 2 is 1.48 bits per heavy atom. The number of pyridine rings is 1. The van der Waals surface area contributed by atoms with Crippen LogP contribution in [0.4, 0.5) is 5.69 Å². The monoisotopic (exact) mass is 410 g/mol. The molecule has 0 atom stereocenters. The highest BCUT2D eigenvalue weighted by Crippen LogP contribution is 2.19. The van der Waals surface area contributed by atoms with Gasteiger partial charge in [-0.2, -0.15) is 0 Å². The van der Waals surface area contributed by atoms with Crippen molar-refractivity contribution in [1.82, 2.24) is 15.8 Å². The fourth-order valence-electron chi connectivity index (χ4n) is 2.43. The SMILES string of the molecule is Cc1ccccc1NS(=O)(=O)c1ccc(C(=O)NNC(=O)c2cccnc2)cc1. The zero-order valence-electron chi connectivity index (χ0n) is 15.4. The molecule has 29 heavy (non-hydrogen) atoms. The van der Waals surface area contributed by atoms with Crippen LogP contribution in [0.25, 0.3) is 0 Å². The normalized spacial score (nSPS) is 10.8. The molecule has 1 heterocycles. The molecule has 2 amide bonds. The lowest BCUT2D eigenvalue weighted by atomic mass is 10.2. The maximum atomic E-state index is 12.5. The molecule has 3 rings (SSSR count). The molecule has 0 unspecified atom stereocenters. The zero-order chi connectivity index (χ0) is 20.9. The van der Waals surface area contributed by atoms with E-state index < -0.39 is 21.8 Å². The summed E-state index contributed by atoms with van der Waals surface area (Å²) in [7, 11) is -3.80. The van der Waals surface area contributed by atoms with Crippen LogP contribution in [0.1, 0.15) is 26.3 Å². The molecule has 8 nitrogen and oxygen atoms in total. The first-order valence-corrected chi connectivity index (χ1v) is 10.0. The minimum absolute atomic E-state index is 0.0108. The van der Waals surface area contributed by atoms with Gasteiger partial charge in [0.25, 0.3) is 21.8 Å². The van der Waals surface area contributed by atoms with E-state index >= 15 is 0 Å². The number of rotatable bonds is 5. The van der Waals surface area contributed by atoms with Crippen molar-refractivity contribution < 1.29 is 18.0 Å². The second-order valence-corrected chi connectivity index (χ2v) is 7.78. The highest BCUT2D eigenvalue weighted by atomic mass is 32.2. The van der Waals surface area contributed by atoms with Crippen LogP contribution in [0.3, 0.4) is 0 Å². The maximum Gasteiger partial charge on any atom is 0.271 e. The average molecular weight is 410 g/mol. The first kappa shape index (κ1) is 20.0. The first-order chi connectivity index (χ1) is 13.9. The van der Waals surface area contributed by atoms with Crippen LogP contribution in [-0.4, -0.2) is 25.2 Å². The van der Waals surface area contributed by atoms with Crippen molar-refractivity contribution in [3.8, 4) is 0 Å². The molecule has 9 heteroatoms. The molecule has 0 saturated carbocycles. The molecule has 3 aromatic rings. The highest BCUT2D eigenvalue weighted by molar-refractivity contribution is 7.92. The fourth-order valence-corrected chi connectivity index (χ4v) is 3.56. The Morgan fingerprint density at radius 1 is 0.828 bits per heavy atom. The molecular formula is C20H18N4O4S. The van der Waals surface area contributed by atoms with Gasteiger partial charge in [0, 0.05) is 18.0 Å². The highest BCUT2D eigenvalue weighted by Gasteiger charge is 2.16. The van der Waals surface area contributed by atoms with Gasteiger partial charge in [-0.15, -0.1) is 0 Å². The van der Waals surface area contributed by atoms with Gasteiger partial charge in [-0.3, -0.25) is 30.1 Å². The van der Waals surface area contributed by atoms with E-state index in [1.807, 2.05) is 6.07 Å². The summed E-state index contributed by atoms with van der Waals surface area (Å²) < 4.78 is 27.6. The van der Waals surface area contributed by atoms with Crippen LogP contribution in [0.5, 0.6) is 0 Å². The van der Waals surface area contributed by atoms with Gasteiger partial charge in [0.15, 0.2) is 0 Å². The number of amides is 2. The number of anilines is 1. The molecule has 0 aliphatic rings. The van der Waals surface area contributed by atoms with Gasteiger partial charge in [-0.05, 0) is 55.0 Å². The molecule has 0 fully saturated rings. The Bertz CT molecular complexity index is 1130. The number of nitrogens with zero attached hydrogens (tertiary/aromatic N) is 1. The molecule has 0 saturated heterocycles. The summed E-state index contributed by atoms with van der Waals surface area (Å²) in [6.45, 7) is 1.80. The third-order valence-corrected chi connectivity index (χ3v) is 5.41. The molecule has 2 aromatic carbocycles. The van der Waals surface area contributed by atoms with Gasteiger partial charge in [0.2, 0.25) is 0 Å². The van der Waals surface area contributed by atoms with Crippen molar-refractivity contribution in [3.05, 3.63) is 89.7 Å². The van der Waals surface area contributed by atoms with Crippen molar-refractivity contribution >= 4 is 27.5 Å². The Hall–Kier alpha value is -3.72. The Kier molecular flexibility index (Phi) is 5.89. The lowest BCUT2D eigenvalue weighted by molar-refractivity contribution is 0.0846. The molecule has 0 radical (unpaired) electrons. The quantitative estimate of drug-likeness (QED) is 0.558. The van der Waals surface area contributed by atoms with E-state index in [0.717, 1.165) is 5.56 Å². The van der Waals surface area contributed by atoms with Gasteiger partial charge < -0.3 is 0 Å². The van der Waals surface area contributed by atoms with E-state index in [-0.39, 0.29) is 16.0 Å². The summed E-state index contributed by atoms with van der Waals surface area (Å²) in [5, 5.41) is 0. The number of aromatic nitrogens is 1. The van der Waals surface area contributed by atoms with E-state index in [1.165, 1.54) is 36.7 Å². The summed E-state index contributed by atoms with van der Waals surface area (Å²) in [6.07, 6.45) is 2.89. The summed E-state index contributed by atoms with van der Waals surface area (Å²) in [5.41, 5.74) is 6.29. The second kappa shape index (κ2) is 8.53. The third-order valence-electron chi connectivity index (χ3n) is 4.03. The third kappa shape index (κ3) is 4.96. The molecule has 1 aromatic heterocycles. The molecule has 0 aliphatic heterocycles. The molecule has 3 N–H and O–H groups in total. The number of hydrazine groups is 1. The number of benzene rings is 2. The van der Waals surface area contributed by atoms with E-state index in [1.54, 1.807) is 37.3 Å². The fraction of sp³-hybridized carbons (Fsp3) is 0.0500. The number of hydrogen-bond donors (Lipinski definition) is 3. The van der Waals surface area contributed by atoms with Gasteiger partial charge in [-0.1, -0.05) is 18.2 Å². The van der Waals surface area contributed by atoms with Gasteiger partial charge in [0.05, 0.1) is 16.1 Å². The predicted octanol–water partition coefficient (Wildman–Crippen LogP) is 2.27. The minimum atomic E-state index is -3.80. The molecule has 0 aliphatic carbocycles. The summed E-state index contributed by atoms with van der Waals surface area (Å²) in [5.74, 6) is -1.11. The second-order valence-electron chi connectivity index (χ2n) is 6.09. The Balaban J connectivity index is 1.65. The van der Waals surface area contributed by atoms with Crippen LogP contribution >= 0.6 is 0 Å². The predicted molar refractivity (Wildman–Crippen MR) is 108 cm³/mol. The van der Waals surface area contributed by atoms with E-state index in [0.29, 0.717) is 5.69 Å². The summed E-state index contributed by atoms with van der Waals surface area (Å²) in [6, 6.07) is 15.5. The van der Waals surface area contributed by atoms with Crippen LogP contribution < -0.4 is 15.6 Å². The van der Waals surface area contributed by atoms with Crippen molar-refractivity contribution in [2.75, 3.05) is 4.72 Å². The van der Waals surface area contributed by atoms with E-state index in [2.05, 4.69) is 20.6 Å². The van der Waals surface area contributed by atoms with Crippen molar-refractivity contribution in [1.29, 1.82) is 0 Å². The minimum Gasteiger partial charge on any atom is -0.279 e. The standard InChI is InChI=1S/C20H18N4O4S/c1-14-5-2-3-7-18(14)24-29(27,28)17-10-8-15(9-11-17)19(25)22-23-20(26)16-6-4-12-21-13-16/h2-13,24H,1H3,(H,22,25)(H,23,26). The molecular weight excluding hydrogens is 392 g/mol. The van der Waals surface area contributed by atoms with Crippen LogP contribution in [-0.2, 0) is 10.0 Å². The maximum absolute atomic E-state index is 12.5. The lowest BCUT2D eigenvalue weighted by Gasteiger charge is -2.11. The lowest BCUT2D eigenvalue weighted by Crippen LogP contribution is -2.41. The summed E-state index contributed by atoms with van der Waals surface area (Å²) >= 11 is 0. The number of carbonyl (C=O) groups excluding carboxylic acids is 2. The van der Waals surface area contributed by atoms with Crippen molar-refractivity contribution in [2.45, 2.75) is 11.8 Å². The van der Waals surface area contributed by atoms with Gasteiger partial charge in [-0.25, -0.2) is 8.42 Å². The number of para-hydroxylation sites is 1. The van der Waals surface area contributed by atoms with E-state index in [9.17, 15) is 18.0 Å². The number of hydrogen-bond acceptors (Lipinski definition) is 5. The van der Waals surface area contributed by atoms with Crippen LogP contribution in [0, 0.1) is 6.92 Å². The topological polar surface area (TPSA) is 117 Å². The number of aryl methyl sites for hydroxylation is 1. The molecule has 0 spiro atoms. The van der Waals surface area contributed by atoms with Crippen LogP contribution in [0.2, 0.25) is 0 Å².